The highest BCUT2D eigenvalue weighted by Gasteiger charge is 2.21. The molecule has 0 aliphatic rings. The van der Waals surface area contributed by atoms with Crippen molar-refractivity contribution in [2.75, 3.05) is 5.73 Å². The second-order valence-corrected chi connectivity index (χ2v) is 4.44. The first-order valence-corrected chi connectivity index (χ1v) is 5.87. The van der Waals surface area contributed by atoms with Gasteiger partial charge >= 0.3 is 5.97 Å². The Bertz CT molecular complexity index is 489. The molecule has 1 aromatic rings. The molecular formula is C13H17FN2O3. The van der Waals surface area contributed by atoms with Crippen LogP contribution in [0.15, 0.2) is 18.2 Å². The van der Waals surface area contributed by atoms with Crippen LogP contribution in [0, 0.1) is 5.82 Å². The lowest BCUT2D eigenvalue weighted by atomic mass is 10.2. The summed E-state index contributed by atoms with van der Waals surface area (Å²) in [7, 11) is 0. The minimum atomic E-state index is -0.974. The first kappa shape index (κ1) is 14.9. The maximum atomic E-state index is 13.0. The fourth-order valence-corrected chi connectivity index (χ4v) is 1.38. The number of amides is 1. The lowest BCUT2D eigenvalue weighted by Crippen LogP contribution is -2.39. The summed E-state index contributed by atoms with van der Waals surface area (Å²) in [5.74, 6) is -1.85. The zero-order chi connectivity index (χ0) is 14.6. The van der Waals surface area contributed by atoms with E-state index < -0.39 is 23.8 Å². The molecule has 6 heteroatoms. The molecule has 3 N–H and O–H groups in total. The molecule has 0 spiro atoms. The van der Waals surface area contributed by atoms with Crippen molar-refractivity contribution in [1.29, 1.82) is 0 Å². The minimum Gasteiger partial charge on any atom is -0.449 e. The molecule has 0 saturated heterocycles. The maximum Gasteiger partial charge on any atom is 0.341 e. The molecule has 0 bridgehead atoms. The third-order valence-corrected chi connectivity index (χ3v) is 2.32. The molecule has 0 aliphatic heterocycles. The predicted octanol–water partition coefficient (Wildman–Crippen LogP) is 1.48. The quantitative estimate of drug-likeness (QED) is 0.640. The molecule has 0 aromatic heterocycles. The van der Waals surface area contributed by atoms with E-state index in [4.69, 9.17) is 10.5 Å². The average molecular weight is 268 g/mol. The van der Waals surface area contributed by atoms with E-state index in [0.29, 0.717) is 0 Å². The van der Waals surface area contributed by atoms with E-state index in [1.807, 2.05) is 0 Å². The highest BCUT2D eigenvalue weighted by Crippen LogP contribution is 2.15. The average Bonchev–Trinajstić information content (AvgIpc) is 2.31. The first-order chi connectivity index (χ1) is 8.81. The van der Waals surface area contributed by atoms with E-state index in [9.17, 15) is 14.0 Å². The third kappa shape index (κ3) is 4.24. The summed E-state index contributed by atoms with van der Waals surface area (Å²) in [4.78, 5) is 23.3. The summed E-state index contributed by atoms with van der Waals surface area (Å²) in [6.07, 6.45) is -0.974. The van der Waals surface area contributed by atoms with Crippen molar-refractivity contribution in [1.82, 2.24) is 5.32 Å². The van der Waals surface area contributed by atoms with Crippen LogP contribution in [0.4, 0.5) is 10.1 Å². The Morgan fingerprint density at radius 2 is 1.95 bits per heavy atom. The van der Waals surface area contributed by atoms with Crippen LogP contribution in [-0.2, 0) is 9.53 Å². The molecule has 104 valence electrons. The smallest absolute Gasteiger partial charge is 0.341 e. The Balaban J connectivity index is 2.74. The highest BCUT2D eigenvalue weighted by atomic mass is 19.1. The van der Waals surface area contributed by atoms with Gasteiger partial charge in [-0.2, -0.15) is 0 Å². The summed E-state index contributed by atoms with van der Waals surface area (Å²) in [5.41, 5.74) is 5.56. The summed E-state index contributed by atoms with van der Waals surface area (Å²) in [6.45, 7) is 5.01. The van der Waals surface area contributed by atoms with Crippen molar-refractivity contribution in [3.63, 3.8) is 0 Å². The van der Waals surface area contributed by atoms with Gasteiger partial charge in [-0.15, -0.1) is 0 Å². The van der Waals surface area contributed by atoms with Crippen LogP contribution in [-0.4, -0.2) is 24.0 Å². The lowest BCUT2D eigenvalue weighted by molar-refractivity contribution is -0.129. The number of halogens is 1. The Hall–Kier alpha value is -2.11. The van der Waals surface area contributed by atoms with Gasteiger partial charge in [0.05, 0.1) is 5.56 Å². The molecule has 1 atom stereocenters. The first-order valence-electron chi connectivity index (χ1n) is 5.87. The number of nitrogens with two attached hydrogens (primary N) is 1. The predicted molar refractivity (Wildman–Crippen MR) is 69.0 cm³/mol. The molecule has 1 unspecified atom stereocenters. The van der Waals surface area contributed by atoms with E-state index in [1.165, 1.54) is 13.0 Å². The van der Waals surface area contributed by atoms with Crippen LogP contribution >= 0.6 is 0 Å². The molecule has 0 heterocycles. The van der Waals surface area contributed by atoms with Crippen molar-refractivity contribution in [3.8, 4) is 0 Å². The molecule has 0 fully saturated rings. The topological polar surface area (TPSA) is 81.4 Å². The Kier molecular flexibility index (Phi) is 4.86. The lowest BCUT2D eigenvalue weighted by Gasteiger charge is -2.15. The van der Waals surface area contributed by atoms with Crippen LogP contribution in [0.1, 0.15) is 31.1 Å². The summed E-state index contributed by atoms with van der Waals surface area (Å²) in [5, 5.41) is 2.60. The SMILES string of the molecule is CC(C)NC(=O)C(C)OC(=O)c1cc(F)ccc1N. The van der Waals surface area contributed by atoms with Gasteiger partial charge in [0, 0.05) is 11.7 Å². The molecule has 5 nitrogen and oxygen atoms in total. The van der Waals surface area contributed by atoms with Crippen molar-refractivity contribution < 1.29 is 18.7 Å². The van der Waals surface area contributed by atoms with Gasteiger partial charge in [-0.3, -0.25) is 4.79 Å². The van der Waals surface area contributed by atoms with Gasteiger partial charge in [-0.1, -0.05) is 0 Å². The molecule has 0 radical (unpaired) electrons. The number of esters is 1. The Morgan fingerprint density at radius 1 is 1.32 bits per heavy atom. The standard InChI is InChI=1S/C13H17FN2O3/c1-7(2)16-12(17)8(3)19-13(18)10-6-9(14)4-5-11(10)15/h4-8H,15H2,1-3H3,(H,16,17). The number of ether oxygens (including phenoxy) is 1. The second-order valence-electron chi connectivity index (χ2n) is 4.44. The molecule has 1 rings (SSSR count). The highest BCUT2D eigenvalue weighted by molar-refractivity contribution is 5.96. The van der Waals surface area contributed by atoms with Gasteiger partial charge in [0.1, 0.15) is 5.82 Å². The molecule has 1 aromatic carbocycles. The maximum absolute atomic E-state index is 13.0. The number of benzene rings is 1. The molecule has 1 amide bonds. The van der Waals surface area contributed by atoms with Crippen molar-refractivity contribution in [2.45, 2.75) is 32.9 Å². The van der Waals surface area contributed by atoms with Gasteiger partial charge < -0.3 is 15.8 Å². The zero-order valence-corrected chi connectivity index (χ0v) is 11.1. The van der Waals surface area contributed by atoms with Gasteiger partial charge in [-0.05, 0) is 39.0 Å². The fraction of sp³-hybridized carbons (Fsp3) is 0.385. The van der Waals surface area contributed by atoms with E-state index in [0.717, 1.165) is 12.1 Å². The largest absolute Gasteiger partial charge is 0.449 e. The van der Waals surface area contributed by atoms with Crippen molar-refractivity contribution in [3.05, 3.63) is 29.6 Å². The van der Waals surface area contributed by atoms with Gasteiger partial charge in [0.25, 0.3) is 5.91 Å². The van der Waals surface area contributed by atoms with Gasteiger partial charge in [-0.25, -0.2) is 9.18 Å². The van der Waals surface area contributed by atoms with E-state index in [2.05, 4.69) is 5.32 Å². The van der Waals surface area contributed by atoms with Crippen LogP contribution in [0.3, 0.4) is 0 Å². The van der Waals surface area contributed by atoms with E-state index in [1.54, 1.807) is 13.8 Å². The van der Waals surface area contributed by atoms with Crippen LogP contribution in [0.25, 0.3) is 0 Å². The number of carbonyl (C=O) groups is 2. The molecule has 0 aliphatic carbocycles. The number of rotatable bonds is 4. The normalized spacial score (nSPS) is 12.1. The van der Waals surface area contributed by atoms with E-state index >= 15 is 0 Å². The summed E-state index contributed by atoms with van der Waals surface area (Å²) < 4.78 is 18.0. The van der Waals surface area contributed by atoms with Gasteiger partial charge in [0.15, 0.2) is 6.10 Å². The van der Waals surface area contributed by atoms with Crippen molar-refractivity contribution >= 4 is 17.6 Å². The molecule has 0 saturated carbocycles. The number of anilines is 1. The minimum absolute atomic E-state index is 0.0621. The molecule has 19 heavy (non-hydrogen) atoms. The Morgan fingerprint density at radius 3 is 2.53 bits per heavy atom. The van der Waals surface area contributed by atoms with Crippen LogP contribution in [0.5, 0.6) is 0 Å². The number of hydrogen-bond donors (Lipinski definition) is 2. The number of nitrogen functional groups attached to an aromatic ring is 1. The number of carbonyl (C=O) groups excluding carboxylic acids is 2. The summed E-state index contributed by atoms with van der Waals surface area (Å²) >= 11 is 0. The summed E-state index contributed by atoms with van der Waals surface area (Å²) in [6, 6.07) is 3.32. The molecular weight excluding hydrogens is 251 g/mol. The fourth-order valence-electron chi connectivity index (χ4n) is 1.38. The van der Waals surface area contributed by atoms with Crippen molar-refractivity contribution in [2.24, 2.45) is 0 Å². The van der Waals surface area contributed by atoms with E-state index in [-0.39, 0.29) is 17.3 Å². The number of nitrogens with one attached hydrogen (secondary N) is 1. The third-order valence-electron chi connectivity index (χ3n) is 2.32. The second kappa shape index (κ2) is 6.17. The number of hydrogen-bond acceptors (Lipinski definition) is 4. The van der Waals surface area contributed by atoms with Crippen LogP contribution < -0.4 is 11.1 Å². The zero-order valence-electron chi connectivity index (χ0n) is 11.1. The van der Waals surface area contributed by atoms with Crippen LogP contribution in [0.2, 0.25) is 0 Å². The monoisotopic (exact) mass is 268 g/mol. The van der Waals surface area contributed by atoms with Gasteiger partial charge in [0.2, 0.25) is 0 Å². The Labute approximate surface area is 110 Å².